The first-order valence-corrected chi connectivity index (χ1v) is 10.1. The number of carbonyl (C=O) groups is 1. The number of nitrogens with zero attached hydrogens (tertiary/aromatic N) is 3. The van der Waals surface area contributed by atoms with Gasteiger partial charge >= 0.3 is 0 Å². The van der Waals surface area contributed by atoms with E-state index >= 15 is 0 Å². The highest BCUT2D eigenvalue weighted by atomic mass is 35.5. The minimum atomic E-state index is 0. The Hall–Kier alpha value is -0.950. The maximum Gasteiger partial charge on any atom is 0.242 e. The van der Waals surface area contributed by atoms with Crippen LogP contribution in [-0.4, -0.2) is 51.8 Å². The number of halogens is 2. The average molecular weight is 417 g/mol. The van der Waals surface area contributed by atoms with Crippen molar-refractivity contribution in [3.8, 4) is 0 Å². The number of imidazole rings is 1. The molecule has 0 aliphatic carbocycles. The molecule has 0 spiro atoms. The zero-order valence-corrected chi connectivity index (χ0v) is 17.3. The number of nitrogens with one attached hydrogen (secondary N) is 1. The second-order valence-corrected chi connectivity index (χ2v) is 7.67. The fourth-order valence-electron chi connectivity index (χ4n) is 3.95. The van der Waals surface area contributed by atoms with Crippen LogP contribution in [0.4, 0.5) is 0 Å². The van der Waals surface area contributed by atoms with Crippen LogP contribution in [0.2, 0.25) is 0 Å². The number of carbonyl (C=O) groups excluding carboxylic acids is 1. The van der Waals surface area contributed by atoms with Gasteiger partial charge in [-0.3, -0.25) is 4.79 Å². The van der Waals surface area contributed by atoms with Gasteiger partial charge in [-0.1, -0.05) is 12.1 Å². The van der Waals surface area contributed by atoms with Gasteiger partial charge in [-0.2, -0.15) is 11.8 Å². The van der Waals surface area contributed by atoms with E-state index in [1.165, 1.54) is 12.8 Å². The standard InChI is InChI=1S/C18H24N4OS.2ClH/c1-24-12-17-20-15-4-2-3-5-16(15)22(17)11-18(23)21-9-8-13-6-7-14(10-21)19-13;;/h2-5,13-14,19H,6-12H2,1H3;2*1H. The number of hydrogen-bond acceptors (Lipinski definition) is 4. The van der Waals surface area contributed by atoms with Gasteiger partial charge in [0.25, 0.3) is 0 Å². The normalized spacial score (nSPS) is 21.8. The van der Waals surface area contributed by atoms with Gasteiger partial charge in [0, 0.05) is 25.2 Å². The Labute approximate surface area is 171 Å². The topological polar surface area (TPSA) is 50.2 Å². The predicted octanol–water partition coefficient (Wildman–Crippen LogP) is 3.10. The number of likely N-dealkylation sites (tertiary alicyclic amines) is 1. The highest BCUT2D eigenvalue weighted by molar-refractivity contribution is 7.97. The lowest BCUT2D eigenvalue weighted by Crippen LogP contribution is -2.40. The van der Waals surface area contributed by atoms with Gasteiger partial charge in [0.1, 0.15) is 12.4 Å². The second kappa shape index (κ2) is 9.31. The molecule has 2 bridgehead atoms. The SMILES string of the molecule is CSCc1nc2ccccc2n1CC(=O)N1CCC2CCC(C1)N2.Cl.Cl. The van der Waals surface area contributed by atoms with Gasteiger partial charge in [0.2, 0.25) is 5.91 Å². The number of hydrogen-bond donors (Lipinski definition) is 1. The largest absolute Gasteiger partial charge is 0.340 e. The molecule has 3 heterocycles. The van der Waals surface area contributed by atoms with E-state index in [9.17, 15) is 4.79 Å². The summed E-state index contributed by atoms with van der Waals surface area (Å²) in [5.41, 5.74) is 2.04. The van der Waals surface area contributed by atoms with E-state index < -0.39 is 0 Å². The molecule has 1 aromatic heterocycles. The maximum absolute atomic E-state index is 12.9. The molecule has 2 saturated heterocycles. The number of amides is 1. The number of benzene rings is 1. The minimum Gasteiger partial charge on any atom is -0.340 e. The van der Waals surface area contributed by atoms with Crippen molar-refractivity contribution in [2.24, 2.45) is 0 Å². The molecule has 1 aromatic carbocycles. The molecule has 1 N–H and O–H groups in total. The van der Waals surface area contributed by atoms with Crippen molar-refractivity contribution < 1.29 is 4.79 Å². The van der Waals surface area contributed by atoms with Crippen LogP contribution in [0, 0.1) is 0 Å². The number of aromatic nitrogens is 2. The fraction of sp³-hybridized carbons (Fsp3) is 0.556. The summed E-state index contributed by atoms with van der Waals surface area (Å²) in [5, 5.41) is 3.64. The summed E-state index contributed by atoms with van der Waals surface area (Å²) in [6.07, 6.45) is 5.60. The predicted molar refractivity (Wildman–Crippen MR) is 113 cm³/mol. The van der Waals surface area contributed by atoms with E-state index in [1.807, 2.05) is 18.2 Å². The van der Waals surface area contributed by atoms with E-state index in [-0.39, 0.29) is 30.7 Å². The van der Waals surface area contributed by atoms with E-state index in [4.69, 9.17) is 4.98 Å². The van der Waals surface area contributed by atoms with Crippen LogP contribution in [0.15, 0.2) is 24.3 Å². The Kier molecular flexibility index (Phi) is 7.64. The molecular weight excluding hydrogens is 391 g/mol. The molecule has 144 valence electrons. The molecule has 2 aliphatic heterocycles. The molecule has 2 aliphatic rings. The maximum atomic E-state index is 12.9. The van der Waals surface area contributed by atoms with Crippen LogP contribution in [-0.2, 0) is 17.1 Å². The van der Waals surface area contributed by atoms with Crippen molar-refractivity contribution in [1.82, 2.24) is 19.8 Å². The quantitative estimate of drug-likeness (QED) is 0.831. The first-order valence-electron chi connectivity index (χ1n) is 8.71. The van der Waals surface area contributed by atoms with E-state index in [0.29, 0.717) is 18.6 Å². The summed E-state index contributed by atoms with van der Waals surface area (Å²) in [6, 6.07) is 9.19. The lowest BCUT2D eigenvalue weighted by Gasteiger charge is -2.25. The van der Waals surface area contributed by atoms with Crippen molar-refractivity contribution in [2.75, 3.05) is 19.3 Å². The summed E-state index contributed by atoms with van der Waals surface area (Å²) >= 11 is 1.74. The molecular formula is C18H26Cl2N4OS. The van der Waals surface area contributed by atoms with Gasteiger partial charge in [0.05, 0.1) is 16.8 Å². The Morgan fingerprint density at radius 2 is 2.00 bits per heavy atom. The Morgan fingerprint density at radius 1 is 1.23 bits per heavy atom. The van der Waals surface area contributed by atoms with Gasteiger partial charge in [-0.25, -0.2) is 4.98 Å². The minimum absolute atomic E-state index is 0. The van der Waals surface area contributed by atoms with Gasteiger partial charge in [0.15, 0.2) is 0 Å². The molecule has 0 saturated carbocycles. The van der Waals surface area contributed by atoms with Crippen LogP contribution in [0.25, 0.3) is 11.0 Å². The van der Waals surface area contributed by atoms with E-state index in [1.54, 1.807) is 11.8 Å². The zero-order valence-electron chi connectivity index (χ0n) is 14.9. The molecule has 2 unspecified atom stereocenters. The first-order chi connectivity index (χ1) is 11.7. The van der Waals surface area contributed by atoms with Gasteiger partial charge in [-0.05, 0) is 37.7 Å². The van der Waals surface area contributed by atoms with Crippen LogP contribution in [0.1, 0.15) is 25.1 Å². The summed E-state index contributed by atoms with van der Waals surface area (Å²) in [6.45, 7) is 2.12. The highest BCUT2D eigenvalue weighted by Gasteiger charge is 2.31. The molecule has 1 amide bonds. The van der Waals surface area contributed by atoms with Crippen LogP contribution in [0.5, 0.6) is 0 Å². The third-order valence-corrected chi connectivity index (χ3v) is 5.72. The summed E-state index contributed by atoms with van der Waals surface area (Å²) in [5.74, 6) is 2.04. The van der Waals surface area contributed by atoms with Crippen molar-refractivity contribution in [1.29, 1.82) is 0 Å². The third-order valence-electron chi connectivity index (χ3n) is 5.18. The van der Waals surface area contributed by atoms with Crippen molar-refractivity contribution in [2.45, 2.75) is 43.6 Å². The highest BCUT2D eigenvalue weighted by Crippen LogP contribution is 2.22. The van der Waals surface area contributed by atoms with Crippen molar-refractivity contribution in [3.63, 3.8) is 0 Å². The number of thioether (sulfide) groups is 1. The average Bonchev–Trinajstić information content (AvgIpc) is 3.08. The number of fused-ring (bicyclic) bond motifs is 3. The molecule has 5 nitrogen and oxygen atoms in total. The van der Waals surface area contributed by atoms with Gasteiger partial charge < -0.3 is 14.8 Å². The second-order valence-electron chi connectivity index (χ2n) is 6.80. The molecule has 0 radical (unpaired) electrons. The smallest absolute Gasteiger partial charge is 0.242 e. The van der Waals surface area contributed by atoms with E-state index in [0.717, 1.165) is 42.1 Å². The molecule has 26 heavy (non-hydrogen) atoms. The molecule has 2 fully saturated rings. The lowest BCUT2D eigenvalue weighted by atomic mass is 10.1. The molecule has 8 heteroatoms. The Balaban J connectivity index is 0.00000121. The summed E-state index contributed by atoms with van der Waals surface area (Å²) in [7, 11) is 0. The fourth-order valence-corrected chi connectivity index (χ4v) is 4.42. The third kappa shape index (κ3) is 4.30. The van der Waals surface area contributed by atoms with Crippen LogP contribution < -0.4 is 5.32 Å². The monoisotopic (exact) mass is 416 g/mol. The van der Waals surface area contributed by atoms with Gasteiger partial charge in [-0.15, -0.1) is 24.8 Å². The number of rotatable bonds is 4. The van der Waals surface area contributed by atoms with Crippen molar-refractivity contribution >= 4 is 53.5 Å². The van der Waals surface area contributed by atoms with E-state index in [2.05, 4.69) is 27.1 Å². The zero-order chi connectivity index (χ0) is 16.5. The summed E-state index contributed by atoms with van der Waals surface area (Å²) in [4.78, 5) is 19.7. The van der Waals surface area contributed by atoms with Crippen LogP contribution >= 0.6 is 36.6 Å². The molecule has 2 atom stereocenters. The summed E-state index contributed by atoms with van der Waals surface area (Å²) < 4.78 is 2.10. The molecule has 2 aromatic rings. The molecule has 4 rings (SSSR count). The number of para-hydroxylation sites is 2. The van der Waals surface area contributed by atoms with Crippen molar-refractivity contribution in [3.05, 3.63) is 30.1 Å². The van der Waals surface area contributed by atoms with Crippen LogP contribution in [0.3, 0.4) is 0 Å². The lowest BCUT2D eigenvalue weighted by molar-refractivity contribution is -0.132. The Morgan fingerprint density at radius 3 is 2.81 bits per heavy atom. The first kappa shape index (κ1) is 21.4. The Bertz CT molecular complexity index is 754.